The molecule has 0 fully saturated rings. The average Bonchev–Trinajstić information content (AvgIpc) is 2.80. The van der Waals surface area contributed by atoms with Gasteiger partial charge in [-0.1, -0.05) is 0 Å². The number of ketones is 2. The van der Waals surface area contributed by atoms with E-state index in [-0.39, 0.29) is 0 Å². The summed E-state index contributed by atoms with van der Waals surface area (Å²) in [7, 11) is 0. The van der Waals surface area contributed by atoms with Crippen LogP contribution in [0.3, 0.4) is 0 Å². The summed E-state index contributed by atoms with van der Waals surface area (Å²) in [5.41, 5.74) is -6.42. The first-order chi connectivity index (χ1) is 11.6. The lowest BCUT2D eigenvalue weighted by Gasteiger charge is -2.19. The Hall–Kier alpha value is -4.02. The number of aromatic carboxylic acids is 2. The first-order valence-electron chi connectivity index (χ1n) is 6.32. The zero-order valence-corrected chi connectivity index (χ0v) is 11.7. The van der Waals surface area contributed by atoms with Crippen molar-refractivity contribution >= 4 is 23.5 Å². The van der Waals surface area contributed by atoms with Crippen LogP contribution in [-0.4, -0.2) is 54.1 Å². The van der Waals surface area contributed by atoms with Crippen molar-refractivity contribution in [1.82, 2.24) is 0 Å². The summed E-state index contributed by atoms with van der Waals surface area (Å²) in [6, 6.07) is 0. The van der Waals surface area contributed by atoms with E-state index in [1.165, 1.54) is 0 Å². The number of hydrogen-bond acceptors (Lipinski definition) is 9. The van der Waals surface area contributed by atoms with Gasteiger partial charge < -0.3 is 35.1 Å². The summed E-state index contributed by atoms with van der Waals surface area (Å²) < 4.78 is 4.35. The predicted octanol–water partition coefficient (Wildman–Crippen LogP) is 0.274. The number of carbonyl (C=O) groups is 4. The smallest absolute Gasteiger partial charge is 0.340 e. The van der Waals surface area contributed by atoms with Crippen LogP contribution in [0.25, 0.3) is 0 Å². The second-order valence-electron chi connectivity index (χ2n) is 4.93. The lowest BCUT2D eigenvalue weighted by atomic mass is 9.81. The van der Waals surface area contributed by atoms with Gasteiger partial charge in [0.15, 0.2) is 0 Å². The van der Waals surface area contributed by atoms with Crippen LogP contribution >= 0.6 is 0 Å². The number of carboxylic acid groups (broad SMARTS) is 2. The summed E-state index contributed by atoms with van der Waals surface area (Å²) in [6.45, 7) is 0. The summed E-state index contributed by atoms with van der Waals surface area (Å²) in [4.78, 5) is 47.3. The van der Waals surface area contributed by atoms with Crippen LogP contribution in [-0.2, 0) is 0 Å². The molecule has 0 atom stereocenters. The SMILES string of the molecule is O=C(O)c1c(O)c2c(c(O)c1C(=O)O)C(=O)c1c(O)oc(O)c1C2=O. The topological polar surface area (TPSA) is 203 Å². The summed E-state index contributed by atoms with van der Waals surface area (Å²) in [5.74, 6) is -11.8. The van der Waals surface area contributed by atoms with Gasteiger partial charge in [-0.15, -0.1) is 0 Å². The molecule has 0 saturated carbocycles. The average molecular weight is 350 g/mol. The summed E-state index contributed by atoms with van der Waals surface area (Å²) >= 11 is 0. The maximum atomic E-state index is 12.4. The maximum absolute atomic E-state index is 12.4. The van der Waals surface area contributed by atoms with Crippen LogP contribution in [0.15, 0.2) is 4.42 Å². The molecule has 0 radical (unpaired) electrons. The zero-order chi connectivity index (χ0) is 18.8. The summed E-state index contributed by atoms with van der Waals surface area (Å²) in [5, 5.41) is 57.3. The monoisotopic (exact) mass is 350 g/mol. The molecule has 25 heavy (non-hydrogen) atoms. The number of rotatable bonds is 2. The Kier molecular flexibility index (Phi) is 3.01. The van der Waals surface area contributed by atoms with Crippen molar-refractivity contribution in [1.29, 1.82) is 0 Å². The second kappa shape index (κ2) is 4.74. The Morgan fingerprint density at radius 2 is 0.960 bits per heavy atom. The van der Waals surface area contributed by atoms with Crippen molar-refractivity contribution in [3.05, 3.63) is 33.4 Å². The number of fused-ring (bicyclic) bond motifs is 2. The quantitative estimate of drug-likeness (QED) is 0.346. The Balaban J connectivity index is 2.53. The maximum Gasteiger partial charge on any atom is 0.340 e. The fraction of sp³-hybridized carbons (Fsp3) is 0. The predicted molar refractivity (Wildman–Crippen MR) is 72.6 cm³/mol. The Labute approximate surface area is 135 Å². The van der Waals surface area contributed by atoms with Gasteiger partial charge >= 0.3 is 11.9 Å². The highest BCUT2D eigenvalue weighted by Gasteiger charge is 2.45. The van der Waals surface area contributed by atoms with Gasteiger partial charge in [-0.3, -0.25) is 9.59 Å². The fourth-order valence-electron chi connectivity index (χ4n) is 2.66. The molecule has 1 aromatic heterocycles. The van der Waals surface area contributed by atoms with E-state index in [0.29, 0.717) is 0 Å². The van der Waals surface area contributed by atoms with Gasteiger partial charge in [-0.25, -0.2) is 9.59 Å². The minimum atomic E-state index is -1.99. The molecule has 2 aromatic rings. The third-order valence-corrected chi connectivity index (χ3v) is 3.65. The molecule has 11 heteroatoms. The van der Waals surface area contributed by atoms with E-state index in [1.807, 2.05) is 0 Å². The number of furan rings is 1. The largest absolute Gasteiger partial charge is 0.506 e. The van der Waals surface area contributed by atoms with E-state index in [4.69, 9.17) is 10.2 Å². The molecule has 0 bridgehead atoms. The summed E-state index contributed by atoms with van der Waals surface area (Å²) in [6.07, 6.45) is 0. The molecule has 0 aliphatic heterocycles. The van der Waals surface area contributed by atoms with E-state index in [1.54, 1.807) is 0 Å². The highest BCUT2D eigenvalue weighted by atomic mass is 16.5. The van der Waals surface area contributed by atoms with Crippen LogP contribution < -0.4 is 0 Å². The molecule has 128 valence electrons. The van der Waals surface area contributed by atoms with Gasteiger partial charge in [0, 0.05) is 0 Å². The van der Waals surface area contributed by atoms with E-state index in [9.17, 15) is 39.6 Å². The number of phenols is 2. The van der Waals surface area contributed by atoms with Gasteiger partial charge in [0.25, 0.3) is 11.9 Å². The molecule has 11 nitrogen and oxygen atoms in total. The van der Waals surface area contributed by atoms with Crippen molar-refractivity contribution in [3.8, 4) is 23.4 Å². The third kappa shape index (κ3) is 1.80. The van der Waals surface area contributed by atoms with E-state index in [2.05, 4.69) is 4.42 Å². The lowest BCUT2D eigenvalue weighted by molar-refractivity contribution is 0.0644. The molecule has 6 N–H and O–H groups in total. The molecule has 0 spiro atoms. The van der Waals surface area contributed by atoms with Crippen molar-refractivity contribution in [2.45, 2.75) is 0 Å². The highest BCUT2D eigenvalue weighted by Crippen LogP contribution is 2.47. The number of aromatic hydroxyl groups is 4. The van der Waals surface area contributed by atoms with Crippen molar-refractivity contribution < 1.29 is 54.2 Å². The van der Waals surface area contributed by atoms with Gasteiger partial charge in [-0.05, 0) is 0 Å². The molecule has 1 aliphatic carbocycles. The number of carbonyl (C=O) groups excluding carboxylic acids is 2. The van der Waals surface area contributed by atoms with E-state index < -0.39 is 80.3 Å². The molecule has 3 rings (SSSR count). The second-order valence-corrected chi connectivity index (χ2v) is 4.93. The standard InChI is InChI=1S/C14H6O11/c15-7-1-2(8(16)4(12(21)22)3(7)11(19)20)10(18)6-5(9(1)17)13(23)25-14(6)24/h15-16,23-24H,(H,19,20)(H,21,22). The Morgan fingerprint density at radius 1 is 0.640 bits per heavy atom. The van der Waals surface area contributed by atoms with Crippen molar-refractivity contribution in [2.24, 2.45) is 0 Å². The normalized spacial score (nSPS) is 12.6. The minimum absolute atomic E-state index is 0.857. The first-order valence-corrected chi connectivity index (χ1v) is 6.32. The Bertz CT molecular complexity index is 945. The van der Waals surface area contributed by atoms with Crippen LogP contribution in [0.4, 0.5) is 0 Å². The molecule has 1 aromatic carbocycles. The van der Waals surface area contributed by atoms with Crippen LogP contribution in [0.5, 0.6) is 23.4 Å². The molecule has 0 amide bonds. The van der Waals surface area contributed by atoms with E-state index >= 15 is 0 Å². The number of carboxylic acids is 2. The molecule has 1 aliphatic rings. The van der Waals surface area contributed by atoms with Gasteiger partial charge in [0.2, 0.25) is 11.6 Å². The van der Waals surface area contributed by atoms with Gasteiger partial charge in [-0.2, -0.15) is 0 Å². The van der Waals surface area contributed by atoms with Crippen LogP contribution in [0, 0.1) is 0 Å². The number of hydrogen-bond donors (Lipinski definition) is 6. The molecule has 0 saturated heterocycles. The zero-order valence-electron chi connectivity index (χ0n) is 11.7. The minimum Gasteiger partial charge on any atom is -0.506 e. The van der Waals surface area contributed by atoms with Gasteiger partial charge in [0.05, 0.1) is 11.1 Å². The molecule has 1 heterocycles. The Morgan fingerprint density at radius 3 is 1.24 bits per heavy atom. The van der Waals surface area contributed by atoms with Crippen LogP contribution in [0.2, 0.25) is 0 Å². The molecule has 0 unspecified atom stereocenters. The number of benzene rings is 1. The lowest BCUT2D eigenvalue weighted by Crippen LogP contribution is -2.23. The highest BCUT2D eigenvalue weighted by molar-refractivity contribution is 6.33. The fourth-order valence-corrected chi connectivity index (χ4v) is 2.66. The van der Waals surface area contributed by atoms with Gasteiger partial charge in [0.1, 0.15) is 33.8 Å². The van der Waals surface area contributed by atoms with Crippen molar-refractivity contribution in [3.63, 3.8) is 0 Å². The van der Waals surface area contributed by atoms with E-state index in [0.717, 1.165) is 0 Å². The molecular weight excluding hydrogens is 344 g/mol. The van der Waals surface area contributed by atoms with Crippen molar-refractivity contribution in [2.75, 3.05) is 0 Å². The first kappa shape index (κ1) is 15.9. The van der Waals surface area contributed by atoms with Crippen LogP contribution in [0.1, 0.15) is 52.6 Å². The third-order valence-electron chi connectivity index (χ3n) is 3.65. The molecular formula is C14H6O11.